The van der Waals surface area contributed by atoms with Crippen LogP contribution in [0.25, 0.3) is 56.5 Å². The maximum absolute atomic E-state index is 13.9. The summed E-state index contributed by atoms with van der Waals surface area (Å²) in [6, 6.07) is 25.7. The van der Waals surface area contributed by atoms with Gasteiger partial charge in [0.25, 0.3) is 11.8 Å². The summed E-state index contributed by atoms with van der Waals surface area (Å²) in [7, 11) is 0. The first-order valence-electron chi connectivity index (χ1n) is 23.8. The number of hydrogen-bond acceptors (Lipinski definition) is 16. The van der Waals surface area contributed by atoms with Crippen LogP contribution in [-0.4, -0.2) is 105 Å². The SMILES string of the molecule is CC(C(=O)NCC1(O)CCC1)(c1ccccc1)n1ncc2c1nc(N)n1nc(-c3ccco3)nc21.CC(C(=O)NCC1(O)CCCCC1)(c1ccccc1)n1ncc2c1nc(N)n1nc(-c3ccco3)nc21. The smallest absolute Gasteiger partial charge is 0.252 e. The molecular weight excluding hydrogens is 921 g/mol. The Balaban J connectivity index is 0.000000156. The molecule has 8 heterocycles. The molecule has 8 N–H and O–H groups in total. The third kappa shape index (κ3) is 7.84. The minimum Gasteiger partial charge on any atom is -0.461 e. The first-order valence-corrected chi connectivity index (χ1v) is 23.8. The lowest BCUT2D eigenvalue weighted by molar-refractivity contribution is -0.130. The van der Waals surface area contributed by atoms with Gasteiger partial charge in [-0.3, -0.25) is 9.59 Å². The predicted molar refractivity (Wildman–Crippen MR) is 264 cm³/mol. The maximum atomic E-state index is 13.9. The normalized spacial score (nSPS) is 16.9. The summed E-state index contributed by atoms with van der Waals surface area (Å²) >= 11 is 0. The van der Waals surface area contributed by atoms with Gasteiger partial charge in [0.2, 0.25) is 23.5 Å². The molecule has 10 aromatic rings. The number of aromatic nitrogens is 12. The highest BCUT2D eigenvalue weighted by Crippen LogP contribution is 2.36. The molecule has 0 saturated heterocycles. The van der Waals surface area contributed by atoms with Crippen molar-refractivity contribution in [2.45, 2.75) is 87.5 Å². The van der Waals surface area contributed by atoms with Crippen LogP contribution >= 0.6 is 0 Å². The topological polar surface area (TPSA) is 299 Å². The second kappa shape index (κ2) is 17.7. The molecular formula is C50H52N16O6. The molecule has 22 heteroatoms. The second-order valence-electron chi connectivity index (χ2n) is 18.9. The highest BCUT2D eigenvalue weighted by Gasteiger charge is 2.44. The van der Waals surface area contributed by atoms with Gasteiger partial charge in [0.05, 0.1) is 46.9 Å². The number of anilines is 2. The predicted octanol–water partition coefficient (Wildman–Crippen LogP) is 5.00. The number of aliphatic hydroxyl groups is 2. The number of fused-ring (bicyclic) bond motifs is 6. The fourth-order valence-corrected chi connectivity index (χ4v) is 9.70. The molecule has 72 heavy (non-hydrogen) atoms. The van der Waals surface area contributed by atoms with Crippen molar-refractivity contribution in [1.29, 1.82) is 0 Å². The summed E-state index contributed by atoms with van der Waals surface area (Å²) < 4.78 is 16.8. The zero-order valence-electron chi connectivity index (χ0n) is 39.5. The van der Waals surface area contributed by atoms with Crippen molar-refractivity contribution in [3.05, 3.63) is 121 Å². The molecule has 0 aliphatic heterocycles. The lowest BCUT2D eigenvalue weighted by Crippen LogP contribution is -2.54. The number of amides is 2. The van der Waals surface area contributed by atoms with E-state index in [1.165, 1.54) is 9.03 Å². The Labute approximate surface area is 410 Å². The van der Waals surface area contributed by atoms with Crippen LogP contribution in [0, 0.1) is 0 Å². The molecule has 0 spiro atoms. The van der Waals surface area contributed by atoms with E-state index in [1.807, 2.05) is 60.7 Å². The monoisotopic (exact) mass is 972 g/mol. The van der Waals surface area contributed by atoms with E-state index in [2.05, 4.69) is 51.0 Å². The summed E-state index contributed by atoms with van der Waals surface area (Å²) in [6.45, 7) is 3.90. The Morgan fingerprint density at radius 2 is 1.00 bits per heavy atom. The molecule has 2 aliphatic rings. The number of nitrogens with zero attached hydrogens (tertiary/aromatic N) is 12. The van der Waals surface area contributed by atoms with E-state index in [0.717, 1.165) is 25.7 Å². The number of carbonyl (C=O) groups is 2. The van der Waals surface area contributed by atoms with Gasteiger partial charge in [-0.15, -0.1) is 10.2 Å². The Morgan fingerprint density at radius 1 is 0.583 bits per heavy atom. The van der Waals surface area contributed by atoms with Crippen LogP contribution in [0.15, 0.2) is 119 Å². The van der Waals surface area contributed by atoms with E-state index < -0.39 is 22.3 Å². The largest absolute Gasteiger partial charge is 0.461 e. The fraction of sp³-hybridized carbons (Fsp3) is 0.320. The molecule has 2 fully saturated rings. The molecule has 12 rings (SSSR count). The highest BCUT2D eigenvalue weighted by atomic mass is 16.3. The van der Waals surface area contributed by atoms with Gasteiger partial charge in [-0.1, -0.05) is 79.9 Å². The zero-order valence-corrected chi connectivity index (χ0v) is 39.5. The van der Waals surface area contributed by atoms with Gasteiger partial charge in [-0.2, -0.15) is 29.2 Å². The molecule has 0 bridgehead atoms. The van der Waals surface area contributed by atoms with Crippen LogP contribution in [0.5, 0.6) is 0 Å². The number of nitrogen functional groups attached to an aromatic ring is 2. The Bertz CT molecular complexity index is 3580. The fourth-order valence-electron chi connectivity index (χ4n) is 9.70. The Morgan fingerprint density at radius 3 is 1.38 bits per heavy atom. The zero-order chi connectivity index (χ0) is 49.8. The maximum Gasteiger partial charge on any atom is 0.252 e. The number of carbonyl (C=O) groups excluding carboxylic acids is 2. The Hall–Kier alpha value is -8.50. The molecule has 2 aliphatic carbocycles. The quantitative estimate of drug-likeness (QED) is 0.0938. The van der Waals surface area contributed by atoms with Gasteiger partial charge in [0.15, 0.2) is 45.2 Å². The number of hydrogen-bond donors (Lipinski definition) is 6. The van der Waals surface area contributed by atoms with Gasteiger partial charge in [0.1, 0.15) is 0 Å². The van der Waals surface area contributed by atoms with Crippen molar-refractivity contribution in [2.24, 2.45) is 0 Å². The van der Waals surface area contributed by atoms with Crippen molar-refractivity contribution in [3.63, 3.8) is 0 Å². The van der Waals surface area contributed by atoms with Gasteiger partial charge in [-0.05, 0) is 81.3 Å². The van der Waals surface area contributed by atoms with Gasteiger partial charge < -0.3 is 41.1 Å². The average molecular weight is 973 g/mol. The summed E-state index contributed by atoms with van der Waals surface area (Å²) in [5.41, 5.74) is 11.3. The van der Waals surface area contributed by atoms with E-state index in [-0.39, 0.29) is 36.8 Å². The van der Waals surface area contributed by atoms with Crippen LogP contribution in [0.2, 0.25) is 0 Å². The summed E-state index contributed by atoms with van der Waals surface area (Å²) in [6.07, 6.45) is 12.9. The highest BCUT2D eigenvalue weighted by molar-refractivity contribution is 5.95. The van der Waals surface area contributed by atoms with Gasteiger partial charge in [-0.25, -0.2) is 19.3 Å². The van der Waals surface area contributed by atoms with Crippen LogP contribution in [-0.2, 0) is 20.7 Å². The molecule has 368 valence electrons. The standard InChI is InChI=1S/C26H28N8O3.C24H24N8O3/c1-25(17-9-4-2-5-10-17,23(35)28-16-26(36)12-6-3-7-13-26)34-22-18(15-29-34)21-30-20(19-11-8-14-37-19)32-33(21)24(27)31-22;1-23(15-7-3-2-4-8-15,21(33)26-14-24(34)10-6-11-24)32-20-16(13-27-32)19-28-18(17-9-5-12-35-17)30-31(19)22(25)29-20/h2,4-5,8-11,14-15,36H,3,6-7,12-13,16H2,1H3,(H2,27,31)(H,28,35);2-5,7-9,12-13,34H,6,10-11,14H2,1H3,(H2,25,29)(H,26,33). The van der Waals surface area contributed by atoms with Gasteiger partial charge in [0, 0.05) is 13.1 Å². The minimum absolute atomic E-state index is 0.0964. The van der Waals surface area contributed by atoms with Crippen molar-refractivity contribution in [1.82, 2.24) is 69.4 Å². The summed E-state index contributed by atoms with van der Waals surface area (Å²) in [5, 5.41) is 46.7. The van der Waals surface area contributed by atoms with E-state index in [0.29, 0.717) is 93.3 Å². The minimum atomic E-state index is -1.28. The lowest BCUT2D eigenvalue weighted by Gasteiger charge is -2.38. The molecule has 2 amide bonds. The third-order valence-corrected chi connectivity index (χ3v) is 14.2. The van der Waals surface area contributed by atoms with Crippen molar-refractivity contribution in [2.75, 3.05) is 24.6 Å². The van der Waals surface area contributed by atoms with Crippen LogP contribution in [0.1, 0.15) is 76.3 Å². The van der Waals surface area contributed by atoms with E-state index in [1.54, 1.807) is 72.4 Å². The molecule has 2 saturated carbocycles. The molecule has 2 atom stereocenters. The van der Waals surface area contributed by atoms with Crippen LogP contribution in [0.3, 0.4) is 0 Å². The molecule has 8 aromatic heterocycles. The van der Waals surface area contributed by atoms with E-state index >= 15 is 0 Å². The molecule has 0 radical (unpaired) electrons. The molecule has 2 unspecified atom stereocenters. The number of nitrogens with one attached hydrogen (secondary N) is 2. The van der Waals surface area contributed by atoms with Crippen molar-refractivity contribution >= 4 is 57.1 Å². The number of furan rings is 2. The van der Waals surface area contributed by atoms with Crippen molar-refractivity contribution in [3.8, 4) is 23.2 Å². The summed E-state index contributed by atoms with van der Waals surface area (Å²) in [5.74, 6) is 1.30. The molecule has 2 aromatic carbocycles. The van der Waals surface area contributed by atoms with Gasteiger partial charge >= 0.3 is 0 Å². The first-order chi connectivity index (χ1) is 34.8. The van der Waals surface area contributed by atoms with Crippen LogP contribution < -0.4 is 22.1 Å². The van der Waals surface area contributed by atoms with E-state index in [4.69, 9.17) is 20.3 Å². The Kier molecular flexibility index (Phi) is 11.3. The number of nitrogens with two attached hydrogens (primary N) is 2. The first kappa shape index (κ1) is 45.9. The molecule has 22 nitrogen and oxygen atoms in total. The van der Waals surface area contributed by atoms with Crippen molar-refractivity contribution < 1.29 is 28.6 Å². The van der Waals surface area contributed by atoms with E-state index in [9.17, 15) is 19.8 Å². The third-order valence-electron chi connectivity index (χ3n) is 14.2. The number of benzene rings is 2. The van der Waals surface area contributed by atoms with Crippen LogP contribution in [0.4, 0.5) is 11.9 Å². The average Bonchev–Trinajstić information content (AvgIpc) is 4.25. The second-order valence-corrected chi connectivity index (χ2v) is 18.9. The number of rotatable bonds is 12. The lowest BCUT2D eigenvalue weighted by atomic mass is 9.80. The summed E-state index contributed by atoms with van der Waals surface area (Å²) in [4.78, 5) is 46.0.